The van der Waals surface area contributed by atoms with E-state index in [9.17, 15) is 4.79 Å². The molecule has 32 heavy (non-hydrogen) atoms. The van der Waals surface area contributed by atoms with Gasteiger partial charge in [-0.1, -0.05) is 48.2 Å². The minimum absolute atomic E-state index is 0.113. The van der Waals surface area contributed by atoms with Gasteiger partial charge in [-0.15, -0.1) is 10.2 Å². The van der Waals surface area contributed by atoms with Gasteiger partial charge in [0.25, 0.3) is 0 Å². The Labute approximate surface area is 190 Å². The number of para-hydroxylation sites is 3. The van der Waals surface area contributed by atoms with Gasteiger partial charge in [0.1, 0.15) is 11.4 Å². The summed E-state index contributed by atoms with van der Waals surface area (Å²) in [5.74, 6) is 1.13. The lowest BCUT2D eigenvalue weighted by atomic mass is 10.2. The van der Waals surface area contributed by atoms with Crippen molar-refractivity contribution in [1.82, 2.24) is 19.7 Å². The standard InChI is InChI=1S/C24H23N5O2S/c1-16-10-4-5-11-18(16)26-23(30)17(2)32-24-28-27-22(19-12-8-9-15-25-19)29(24)20-13-6-7-14-21(20)31-3/h4-15,17H,1-3H3,(H,26,30)/t17-/m0/s1. The van der Waals surface area contributed by atoms with Gasteiger partial charge in [0.2, 0.25) is 5.91 Å². The lowest BCUT2D eigenvalue weighted by molar-refractivity contribution is -0.115. The maximum Gasteiger partial charge on any atom is 0.237 e. The quantitative estimate of drug-likeness (QED) is 0.413. The lowest BCUT2D eigenvalue weighted by Crippen LogP contribution is -2.23. The number of nitrogens with zero attached hydrogens (tertiary/aromatic N) is 4. The van der Waals surface area contributed by atoms with E-state index in [-0.39, 0.29) is 5.91 Å². The van der Waals surface area contributed by atoms with Crippen LogP contribution in [0.5, 0.6) is 5.75 Å². The van der Waals surface area contributed by atoms with Crippen molar-refractivity contribution in [2.24, 2.45) is 0 Å². The molecule has 0 bridgehead atoms. The molecule has 162 valence electrons. The van der Waals surface area contributed by atoms with E-state index >= 15 is 0 Å². The third-order valence-corrected chi connectivity index (χ3v) is 5.95. The maximum atomic E-state index is 12.9. The van der Waals surface area contributed by atoms with Crippen molar-refractivity contribution in [1.29, 1.82) is 0 Å². The minimum Gasteiger partial charge on any atom is -0.495 e. The van der Waals surface area contributed by atoms with Crippen LogP contribution in [0.1, 0.15) is 12.5 Å². The molecule has 0 radical (unpaired) electrons. The summed E-state index contributed by atoms with van der Waals surface area (Å²) < 4.78 is 7.45. The number of aromatic nitrogens is 4. The summed E-state index contributed by atoms with van der Waals surface area (Å²) in [5, 5.41) is 11.9. The number of thioether (sulfide) groups is 1. The van der Waals surface area contributed by atoms with E-state index in [2.05, 4.69) is 20.5 Å². The zero-order chi connectivity index (χ0) is 22.5. The number of benzene rings is 2. The Kier molecular flexibility index (Phi) is 6.51. The van der Waals surface area contributed by atoms with Crippen LogP contribution in [0.3, 0.4) is 0 Å². The Hall–Kier alpha value is -3.65. The molecule has 4 aromatic rings. The highest BCUT2D eigenvalue weighted by Gasteiger charge is 2.24. The van der Waals surface area contributed by atoms with E-state index in [0.717, 1.165) is 16.9 Å². The van der Waals surface area contributed by atoms with Crippen molar-refractivity contribution in [3.05, 3.63) is 78.5 Å². The van der Waals surface area contributed by atoms with E-state index in [1.807, 2.05) is 85.1 Å². The number of pyridine rings is 1. The van der Waals surface area contributed by atoms with Crippen LogP contribution in [0.2, 0.25) is 0 Å². The highest BCUT2D eigenvalue weighted by atomic mass is 32.2. The second kappa shape index (κ2) is 9.65. The minimum atomic E-state index is -0.413. The molecule has 2 aromatic carbocycles. The van der Waals surface area contributed by atoms with Gasteiger partial charge in [0.15, 0.2) is 11.0 Å². The third-order valence-electron chi connectivity index (χ3n) is 4.91. The number of ether oxygens (including phenoxy) is 1. The number of rotatable bonds is 7. The average Bonchev–Trinajstić information content (AvgIpc) is 3.24. The zero-order valence-corrected chi connectivity index (χ0v) is 18.8. The van der Waals surface area contributed by atoms with Crippen molar-refractivity contribution >= 4 is 23.4 Å². The molecule has 1 amide bonds. The molecular formula is C24H23N5O2S. The van der Waals surface area contributed by atoms with Crippen LogP contribution >= 0.6 is 11.8 Å². The normalized spacial score (nSPS) is 11.7. The van der Waals surface area contributed by atoms with E-state index < -0.39 is 5.25 Å². The largest absolute Gasteiger partial charge is 0.495 e. The fourth-order valence-corrected chi connectivity index (χ4v) is 4.06. The molecule has 2 aromatic heterocycles. The monoisotopic (exact) mass is 445 g/mol. The number of carbonyl (C=O) groups is 1. The first-order chi connectivity index (χ1) is 15.6. The van der Waals surface area contributed by atoms with Crippen LogP contribution < -0.4 is 10.1 Å². The fourth-order valence-electron chi connectivity index (χ4n) is 3.20. The first kappa shape index (κ1) is 21.6. The molecule has 0 aliphatic rings. The molecule has 4 rings (SSSR count). The summed E-state index contributed by atoms with van der Waals surface area (Å²) in [6.07, 6.45) is 1.71. The molecule has 0 unspecified atom stereocenters. The topological polar surface area (TPSA) is 81.9 Å². The number of aryl methyl sites for hydroxylation is 1. The molecule has 0 aliphatic carbocycles. The van der Waals surface area contributed by atoms with Crippen molar-refractivity contribution in [2.75, 3.05) is 12.4 Å². The van der Waals surface area contributed by atoms with Gasteiger partial charge in [-0.25, -0.2) is 0 Å². The number of amides is 1. The van der Waals surface area contributed by atoms with Crippen LogP contribution in [0.4, 0.5) is 5.69 Å². The van der Waals surface area contributed by atoms with Gasteiger partial charge in [-0.05, 0) is 49.7 Å². The number of nitrogens with one attached hydrogen (secondary N) is 1. The Morgan fingerprint density at radius 1 is 1.03 bits per heavy atom. The second-order valence-corrected chi connectivity index (χ2v) is 8.40. The molecule has 1 atom stereocenters. The average molecular weight is 446 g/mol. The highest BCUT2D eigenvalue weighted by molar-refractivity contribution is 8.00. The van der Waals surface area contributed by atoms with Crippen LogP contribution in [0.25, 0.3) is 17.2 Å². The van der Waals surface area contributed by atoms with Gasteiger partial charge in [0, 0.05) is 11.9 Å². The second-order valence-electron chi connectivity index (χ2n) is 7.09. The van der Waals surface area contributed by atoms with Crippen molar-refractivity contribution in [2.45, 2.75) is 24.3 Å². The van der Waals surface area contributed by atoms with Gasteiger partial charge >= 0.3 is 0 Å². The van der Waals surface area contributed by atoms with E-state index in [0.29, 0.717) is 22.4 Å². The van der Waals surface area contributed by atoms with Crippen LogP contribution in [-0.4, -0.2) is 38.0 Å². The van der Waals surface area contributed by atoms with E-state index in [1.54, 1.807) is 13.3 Å². The zero-order valence-electron chi connectivity index (χ0n) is 18.0. The third kappa shape index (κ3) is 4.50. The molecule has 0 fully saturated rings. The Balaban J connectivity index is 1.69. The van der Waals surface area contributed by atoms with Gasteiger partial charge < -0.3 is 10.1 Å². The molecule has 0 spiro atoms. The molecule has 0 aliphatic heterocycles. The van der Waals surface area contributed by atoms with Crippen molar-refractivity contribution < 1.29 is 9.53 Å². The van der Waals surface area contributed by atoms with E-state index in [1.165, 1.54) is 11.8 Å². The number of carbonyl (C=O) groups excluding carboxylic acids is 1. The van der Waals surface area contributed by atoms with Crippen LogP contribution in [0.15, 0.2) is 78.1 Å². The molecule has 8 heteroatoms. The predicted octanol–water partition coefficient (Wildman–Crippen LogP) is 4.77. The SMILES string of the molecule is COc1ccccc1-n1c(S[C@@H](C)C(=O)Nc2ccccc2C)nnc1-c1ccccn1. The predicted molar refractivity (Wildman–Crippen MR) is 126 cm³/mol. The number of hydrogen-bond donors (Lipinski definition) is 1. The summed E-state index contributed by atoms with van der Waals surface area (Å²) in [4.78, 5) is 17.3. The summed E-state index contributed by atoms with van der Waals surface area (Å²) in [7, 11) is 1.62. The summed E-state index contributed by atoms with van der Waals surface area (Å²) in [6.45, 7) is 3.81. The van der Waals surface area contributed by atoms with Crippen molar-refractivity contribution in [3.8, 4) is 23.0 Å². The Morgan fingerprint density at radius 2 is 1.78 bits per heavy atom. The van der Waals surface area contributed by atoms with Crippen molar-refractivity contribution in [3.63, 3.8) is 0 Å². The fraction of sp³-hybridized carbons (Fsp3) is 0.167. The maximum absolute atomic E-state index is 12.9. The Bertz CT molecular complexity index is 1230. The smallest absolute Gasteiger partial charge is 0.237 e. The van der Waals surface area contributed by atoms with Crippen LogP contribution in [-0.2, 0) is 4.79 Å². The van der Waals surface area contributed by atoms with Gasteiger partial charge in [-0.3, -0.25) is 14.3 Å². The molecular weight excluding hydrogens is 422 g/mol. The molecule has 2 heterocycles. The van der Waals surface area contributed by atoms with Crippen LogP contribution in [0, 0.1) is 6.92 Å². The van der Waals surface area contributed by atoms with E-state index in [4.69, 9.17) is 4.74 Å². The first-order valence-electron chi connectivity index (χ1n) is 10.1. The summed E-state index contributed by atoms with van der Waals surface area (Å²) >= 11 is 1.33. The first-order valence-corrected chi connectivity index (χ1v) is 11.0. The molecule has 1 N–H and O–H groups in total. The molecule has 0 saturated carbocycles. The molecule has 0 saturated heterocycles. The summed E-state index contributed by atoms with van der Waals surface area (Å²) in [6, 6.07) is 20.9. The summed E-state index contributed by atoms with van der Waals surface area (Å²) in [5.41, 5.74) is 3.25. The molecule has 7 nitrogen and oxygen atoms in total. The van der Waals surface area contributed by atoms with Gasteiger partial charge in [-0.2, -0.15) is 0 Å². The number of hydrogen-bond acceptors (Lipinski definition) is 6. The number of methoxy groups -OCH3 is 1. The highest BCUT2D eigenvalue weighted by Crippen LogP contribution is 2.33. The Morgan fingerprint density at radius 3 is 2.53 bits per heavy atom. The lowest BCUT2D eigenvalue weighted by Gasteiger charge is -2.16. The van der Waals surface area contributed by atoms with Gasteiger partial charge in [0.05, 0.1) is 18.0 Å². The number of anilines is 1.